The van der Waals surface area contributed by atoms with Crippen molar-refractivity contribution >= 4 is 28.4 Å². The van der Waals surface area contributed by atoms with Gasteiger partial charge in [0.1, 0.15) is 5.75 Å². The molecular weight excluding hydrogens is 339 g/mol. The molecule has 1 aliphatic carbocycles. The molecule has 0 radical (unpaired) electrons. The number of carbonyl (C=O) groups is 1. The van der Waals surface area contributed by atoms with Crippen LogP contribution < -0.4 is 4.74 Å². The lowest BCUT2D eigenvalue weighted by molar-refractivity contribution is 0.0872. The molecule has 3 heteroatoms. The summed E-state index contributed by atoms with van der Waals surface area (Å²) in [5.41, 5.74) is 0.754. The van der Waals surface area contributed by atoms with Gasteiger partial charge in [-0.15, -0.1) is 0 Å². The second-order valence-corrected chi connectivity index (χ2v) is 6.41. The van der Waals surface area contributed by atoms with E-state index >= 15 is 0 Å². The van der Waals surface area contributed by atoms with E-state index in [2.05, 4.69) is 29.5 Å². The third kappa shape index (κ3) is 3.05. The predicted octanol–water partition coefficient (Wildman–Crippen LogP) is 4.31. The Hall–Kier alpha value is -0.580. The maximum absolute atomic E-state index is 12.6. The fourth-order valence-electron chi connectivity index (χ4n) is 2.61. The Kier molecular flexibility index (Phi) is 4.65. The molecule has 0 aromatic heterocycles. The highest BCUT2D eigenvalue weighted by atomic mass is 127. The molecular formula is C15H19IO2. The van der Waals surface area contributed by atoms with E-state index < -0.39 is 0 Å². The molecule has 0 N–H and O–H groups in total. The standard InChI is InChI=1S/C15H19IO2/c1-10-3-5-11(6-4-10)15(17)13-9-12(16)7-8-14(13)18-2/h7-11H,3-6H2,1-2H3. The third-order valence-corrected chi connectivity index (χ3v) is 4.48. The summed E-state index contributed by atoms with van der Waals surface area (Å²) in [4.78, 5) is 12.6. The Morgan fingerprint density at radius 3 is 2.56 bits per heavy atom. The topological polar surface area (TPSA) is 26.3 Å². The molecule has 0 heterocycles. The van der Waals surface area contributed by atoms with Crippen LogP contribution in [0.3, 0.4) is 0 Å². The van der Waals surface area contributed by atoms with Gasteiger partial charge in [-0.05, 0) is 59.5 Å². The third-order valence-electron chi connectivity index (χ3n) is 3.81. The van der Waals surface area contributed by atoms with E-state index in [9.17, 15) is 4.79 Å². The van der Waals surface area contributed by atoms with Gasteiger partial charge in [-0.3, -0.25) is 4.79 Å². The summed E-state index contributed by atoms with van der Waals surface area (Å²) in [6.45, 7) is 2.27. The number of ether oxygens (including phenoxy) is 1. The molecule has 1 saturated carbocycles. The van der Waals surface area contributed by atoms with Crippen LogP contribution in [-0.4, -0.2) is 12.9 Å². The summed E-state index contributed by atoms with van der Waals surface area (Å²) in [5, 5.41) is 0. The average Bonchev–Trinajstić information content (AvgIpc) is 2.39. The first-order valence-corrected chi connectivity index (χ1v) is 7.57. The predicted molar refractivity (Wildman–Crippen MR) is 81.2 cm³/mol. The number of benzene rings is 1. The molecule has 0 aliphatic heterocycles. The van der Waals surface area contributed by atoms with Gasteiger partial charge in [0, 0.05) is 9.49 Å². The van der Waals surface area contributed by atoms with Gasteiger partial charge in [0.15, 0.2) is 5.78 Å². The van der Waals surface area contributed by atoms with Crippen molar-refractivity contribution in [2.75, 3.05) is 7.11 Å². The number of halogens is 1. The summed E-state index contributed by atoms with van der Waals surface area (Å²) >= 11 is 2.24. The van der Waals surface area contributed by atoms with Crippen LogP contribution in [0.2, 0.25) is 0 Å². The molecule has 0 spiro atoms. The minimum Gasteiger partial charge on any atom is -0.496 e. The first kappa shape index (κ1) is 13.8. The summed E-state index contributed by atoms with van der Waals surface area (Å²) in [6.07, 6.45) is 4.38. The van der Waals surface area contributed by atoms with Crippen LogP contribution in [0.1, 0.15) is 43.0 Å². The van der Waals surface area contributed by atoms with E-state index in [0.29, 0.717) is 5.75 Å². The number of hydrogen-bond donors (Lipinski definition) is 0. The van der Waals surface area contributed by atoms with E-state index in [-0.39, 0.29) is 11.7 Å². The molecule has 0 amide bonds. The van der Waals surface area contributed by atoms with Gasteiger partial charge in [0.2, 0.25) is 0 Å². The Morgan fingerprint density at radius 1 is 1.28 bits per heavy atom. The van der Waals surface area contributed by atoms with Gasteiger partial charge in [-0.25, -0.2) is 0 Å². The van der Waals surface area contributed by atoms with Gasteiger partial charge in [-0.2, -0.15) is 0 Å². The highest BCUT2D eigenvalue weighted by Gasteiger charge is 2.27. The maximum atomic E-state index is 12.6. The fraction of sp³-hybridized carbons (Fsp3) is 0.533. The summed E-state index contributed by atoms with van der Waals surface area (Å²) < 4.78 is 6.39. The van der Waals surface area contributed by atoms with E-state index in [4.69, 9.17) is 4.74 Å². The Bertz CT molecular complexity index is 434. The summed E-state index contributed by atoms with van der Waals surface area (Å²) in [5.74, 6) is 1.93. The highest BCUT2D eigenvalue weighted by Crippen LogP contribution is 2.33. The van der Waals surface area contributed by atoms with Crippen molar-refractivity contribution < 1.29 is 9.53 Å². The highest BCUT2D eigenvalue weighted by molar-refractivity contribution is 14.1. The SMILES string of the molecule is COc1ccc(I)cc1C(=O)C1CCC(C)CC1. The molecule has 1 aliphatic rings. The van der Waals surface area contributed by atoms with Crippen molar-refractivity contribution in [3.05, 3.63) is 27.3 Å². The Morgan fingerprint density at radius 2 is 1.94 bits per heavy atom. The summed E-state index contributed by atoms with van der Waals surface area (Å²) in [6, 6.07) is 5.80. The zero-order valence-corrected chi connectivity index (χ0v) is 13.1. The van der Waals surface area contributed by atoms with Crippen LogP contribution in [0.5, 0.6) is 5.75 Å². The van der Waals surface area contributed by atoms with Gasteiger partial charge in [0.25, 0.3) is 0 Å². The lowest BCUT2D eigenvalue weighted by atomic mass is 9.79. The zero-order chi connectivity index (χ0) is 13.1. The molecule has 98 valence electrons. The molecule has 1 fully saturated rings. The second-order valence-electron chi connectivity index (χ2n) is 5.17. The number of ketones is 1. The molecule has 1 aromatic rings. The first-order valence-electron chi connectivity index (χ1n) is 6.49. The number of hydrogen-bond acceptors (Lipinski definition) is 2. The van der Waals surface area contributed by atoms with Crippen molar-refractivity contribution in [3.8, 4) is 5.75 Å². The fourth-order valence-corrected chi connectivity index (χ4v) is 3.11. The van der Waals surface area contributed by atoms with Crippen LogP contribution >= 0.6 is 22.6 Å². The largest absolute Gasteiger partial charge is 0.496 e. The van der Waals surface area contributed by atoms with E-state index in [1.165, 1.54) is 12.8 Å². The van der Waals surface area contributed by atoms with Gasteiger partial charge < -0.3 is 4.74 Å². The molecule has 0 atom stereocenters. The van der Waals surface area contributed by atoms with Crippen molar-refractivity contribution in [1.29, 1.82) is 0 Å². The van der Waals surface area contributed by atoms with E-state index in [0.717, 1.165) is 27.9 Å². The lowest BCUT2D eigenvalue weighted by Gasteiger charge is -2.25. The quantitative estimate of drug-likeness (QED) is 0.595. The molecule has 0 bridgehead atoms. The maximum Gasteiger partial charge on any atom is 0.169 e. The van der Waals surface area contributed by atoms with Gasteiger partial charge in [0.05, 0.1) is 12.7 Å². The Balaban J connectivity index is 2.20. The molecule has 0 saturated heterocycles. The van der Waals surface area contributed by atoms with Crippen LogP contribution in [0.4, 0.5) is 0 Å². The Labute approximate surface area is 122 Å². The lowest BCUT2D eigenvalue weighted by Crippen LogP contribution is -2.21. The van der Waals surface area contributed by atoms with Crippen LogP contribution in [-0.2, 0) is 0 Å². The zero-order valence-electron chi connectivity index (χ0n) is 10.9. The monoisotopic (exact) mass is 358 g/mol. The molecule has 18 heavy (non-hydrogen) atoms. The average molecular weight is 358 g/mol. The molecule has 2 rings (SSSR count). The van der Waals surface area contributed by atoms with Gasteiger partial charge >= 0.3 is 0 Å². The summed E-state index contributed by atoms with van der Waals surface area (Å²) in [7, 11) is 1.63. The van der Waals surface area contributed by atoms with Crippen LogP contribution in [0, 0.1) is 15.4 Å². The molecule has 1 aromatic carbocycles. The van der Waals surface area contributed by atoms with E-state index in [1.54, 1.807) is 7.11 Å². The normalized spacial score (nSPS) is 23.7. The van der Waals surface area contributed by atoms with Crippen LogP contribution in [0.15, 0.2) is 18.2 Å². The number of rotatable bonds is 3. The minimum atomic E-state index is 0.188. The first-order chi connectivity index (χ1) is 8.61. The van der Waals surface area contributed by atoms with Crippen molar-refractivity contribution in [3.63, 3.8) is 0 Å². The van der Waals surface area contributed by atoms with Crippen molar-refractivity contribution in [2.24, 2.45) is 11.8 Å². The van der Waals surface area contributed by atoms with Crippen molar-refractivity contribution in [2.45, 2.75) is 32.6 Å². The number of methoxy groups -OCH3 is 1. The second kappa shape index (κ2) is 6.04. The minimum absolute atomic E-state index is 0.188. The number of carbonyl (C=O) groups excluding carboxylic acids is 1. The van der Waals surface area contributed by atoms with Crippen molar-refractivity contribution in [1.82, 2.24) is 0 Å². The smallest absolute Gasteiger partial charge is 0.169 e. The van der Waals surface area contributed by atoms with Gasteiger partial charge in [-0.1, -0.05) is 19.8 Å². The molecule has 0 unspecified atom stereocenters. The molecule has 2 nitrogen and oxygen atoms in total. The number of Topliss-reactive ketones (excluding diaryl/α,β-unsaturated/α-hetero) is 1. The van der Waals surface area contributed by atoms with E-state index in [1.807, 2.05) is 18.2 Å². The van der Waals surface area contributed by atoms with Crippen LogP contribution in [0.25, 0.3) is 0 Å².